The Morgan fingerprint density at radius 1 is 1.00 bits per heavy atom. The molecule has 0 saturated heterocycles. The SMILES string of the molecule is O=C(NCc1n[nH]c2ccc(Cl)cc12)c1cccc(Cc2ccc(Cn3ccccc3=O)cn2)c1. The minimum Gasteiger partial charge on any atom is -0.346 e. The van der Waals surface area contributed by atoms with E-state index in [0.29, 0.717) is 23.6 Å². The molecule has 2 N–H and O–H groups in total. The molecular formula is C27H22ClN5O2. The van der Waals surface area contributed by atoms with Gasteiger partial charge in [0.15, 0.2) is 0 Å². The smallest absolute Gasteiger partial charge is 0.251 e. The van der Waals surface area contributed by atoms with Crippen LogP contribution >= 0.6 is 11.6 Å². The molecule has 3 heterocycles. The number of hydrogen-bond donors (Lipinski definition) is 2. The second-order valence-electron chi connectivity index (χ2n) is 8.24. The van der Waals surface area contributed by atoms with E-state index in [2.05, 4.69) is 20.5 Å². The van der Waals surface area contributed by atoms with Crippen molar-refractivity contribution >= 4 is 28.4 Å². The van der Waals surface area contributed by atoms with Crippen LogP contribution in [0.2, 0.25) is 5.02 Å². The Morgan fingerprint density at radius 2 is 1.91 bits per heavy atom. The average molecular weight is 484 g/mol. The number of benzene rings is 2. The number of H-pyrrole nitrogens is 1. The molecule has 0 aliphatic heterocycles. The molecule has 0 radical (unpaired) electrons. The first-order valence-corrected chi connectivity index (χ1v) is 11.5. The molecule has 0 atom stereocenters. The molecule has 0 bridgehead atoms. The van der Waals surface area contributed by atoms with Crippen LogP contribution in [0.5, 0.6) is 0 Å². The van der Waals surface area contributed by atoms with Crippen LogP contribution in [0.4, 0.5) is 0 Å². The summed E-state index contributed by atoms with van der Waals surface area (Å²) in [6.07, 6.45) is 4.14. The number of pyridine rings is 2. The minimum atomic E-state index is -0.179. The Labute approximate surface area is 206 Å². The van der Waals surface area contributed by atoms with E-state index in [1.54, 1.807) is 35.2 Å². The number of aromatic amines is 1. The van der Waals surface area contributed by atoms with Gasteiger partial charge in [-0.25, -0.2) is 0 Å². The van der Waals surface area contributed by atoms with Crippen molar-refractivity contribution < 1.29 is 4.79 Å². The lowest BCUT2D eigenvalue weighted by Crippen LogP contribution is -2.23. The quantitative estimate of drug-likeness (QED) is 0.360. The highest BCUT2D eigenvalue weighted by molar-refractivity contribution is 6.31. The maximum absolute atomic E-state index is 12.8. The fourth-order valence-corrected chi connectivity index (χ4v) is 4.09. The number of carbonyl (C=O) groups is 1. The van der Waals surface area contributed by atoms with Gasteiger partial charge in [-0.05, 0) is 53.6 Å². The number of fused-ring (bicyclic) bond motifs is 1. The van der Waals surface area contributed by atoms with Gasteiger partial charge in [-0.15, -0.1) is 0 Å². The third kappa shape index (κ3) is 5.31. The van der Waals surface area contributed by atoms with Crippen molar-refractivity contribution in [3.05, 3.63) is 129 Å². The van der Waals surface area contributed by atoms with Gasteiger partial charge in [0.1, 0.15) is 0 Å². The molecule has 35 heavy (non-hydrogen) atoms. The van der Waals surface area contributed by atoms with Gasteiger partial charge in [0, 0.05) is 46.5 Å². The molecule has 174 valence electrons. The van der Waals surface area contributed by atoms with E-state index in [0.717, 1.165) is 33.4 Å². The predicted octanol–water partition coefficient (Wildman–Crippen LogP) is 4.34. The Balaban J connectivity index is 1.23. The zero-order valence-corrected chi connectivity index (χ0v) is 19.5. The van der Waals surface area contributed by atoms with Crippen LogP contribution in [0.25, 0.3) is 10.9 Å². The monoisotopic (exact) mass is 483 g/mol. The van der Waals surface area contributed by atoms with Gasteiger partial charge in [0.25, 0.3) is 11.5 Å². The maximum atomic E-state index is 12.8. The van der Waals surface area contributed by atoms with Crippen molar-refractivity contribution in [1.29, 1.82) is 0 Å². The number of rotatable bonds is 7. The molecule has 0 fully saturated rings. The third-order valence-electron chi connectivity index (χ3n) is 5.73. The number of nitrogens with zero attached hydrogens (tertiary/aromatic N) is 3. The fourth-order valence-electron chi connectivity index (χ4n) is 3.91. The summed E-state index contributed by atoms with van der Waals surface area (Å²) >= 11 is 6.09. The van der Waals surface area contributed by atoms with Gasteiger partial charge in [-0.3, -0.25) is 19.7 Å². The van der Waals surface area contributed by atoms with Crippen molar-refractivity contribution in [1.82, 2.24) is 25.1 Å². The van der Waals surface area contributed by atoms with E-state index < -0.39 is 0 Å². The first-order valence-electron chi connectivity index (χ1n) is 11.1. The van der Waals surface area contributed by atoms with Gasteiger partial charge >= 0.3 is 0 Å². The van der Waals surface area contributed by atoms with E-state index >= 15 is 0 Å². The van der Waals surface area contributed by atoms with Crippen molar-refractivity contribution in [2.45, 2.75) is 19.5 Å². The largest absolute Gasteiger partial charge is 0.346 e. The number of carbonyl (C=O) groups excluding carboxylic acids is 1. The molecule has 3 aromatic heterocycles. The fraction of sp³-hybridized carbons (Fsp3) is 0.111. The second-order valence-corrected chi connectivity index (χ2v) is 8.68. The average Bonchev–Trinajstić information content (AvgIpc) is 3.27. The zero-order chi connectivity index (χ0) is 24.2. The van der Waals surface area contributed by atoms with E-state index in [4.69, 9.17) is 11.6 Å². The van der Waals surface area contributed by atoms with Crippen LogP contribution in [0.15, 0.2) is 90.0 Å². The van der Waals surface area contributed by atoms with E-state index in [9.17, 15) is 9.59 Å². The van der Waals surface area contributed by atoms with Crippen LogP contribution in [0.3, 0.4) is 0 Å². The minimum absolute atomic E-state index is 0.0454. The molecule has 2 aromatic carbocycles. The summed E-state index contributed by atoms with van der Waals surface area (Å²) in [5.74, 6) is -0.179. The molecule has 0 unspecified atom stereocenters. The molecule has 0 aliphatic rings. The second kappa shape index (κ2) is 9.95. The van der Waals surface area contributed by atoms with Crippen LogP contribution in [0.1, 0.15) is 32.9 Å². The van der Waals surface area contributed by atoms with E-state index in [-0.39, 0.29) is 18.0 Å². The number of nitrogens with one attached hydrogen (secondary N) is 2. The Bertz CT molecular complexity index is 1560. The highest BCUT2D eigenvalue weighted by Crippen LogP contribution is 2.20. The zero-order valence-electron chi connectivity index (χ0n) is 18.7. The summed E-state index contributed by atoms with van der Waals surface area (Å²) in [5, 5.41) is 11.7. The van der Waals surface area contributed by atoms with Crippen LogP contribution < -0.4 is 10.9 Å². The number of aromatic nitrogens is 4. The topological polar surface area (TPSA) is 92.7 Å². The lowest BCUT2D eigenvalue weighted by Gasteiger charge is -2.08. The van der Waals surface area contributed by atoms with Gasteiger partial charge in [-0.2, -0.15) is 5.10 Å². The summed E-state index contributed by atoms with van der Waals surface area (Å²) < 4.78 is 1.64. The molecule has 7 nitrogen and oxygen atoms in total. The van der Waals surface area contributed by atoms with Crippen molar-refractivity contribution in [2.24, 2.45) is 0 Å². The van der Waals surface area contributed by atoms with Crippen molar-refractivity contribution in [2.75, 3.05) is 0 Å². The molecule has 0 saturated carbocycles. The highest BCUT2D eigenvalue weighted by Gasteiger charge is 2.11. The van der Waals surface area contributed by atoms with Crippen molar-refractivity contribution in [3.8, 4) is 0 Å². The van der Waals surface area contributed by atoms with Crippen molar-refractivity contribution in [3.63, 3.8) is 0 Å². The predicted molar refractivity (Wildman–Crippen MR) is 136 cm³/mol. The molecule has 0 spiro atoms. The summed E-state index contributed by atoms with van der Waals surface area (Å²) in [7, 11) is 0. The summed E-state index contributed by atoms with van der Waals surface area (Å²) in [5.41, 5.74) is 4.93. The standard InChI is InChI=1S/C27H22ClN5O2/c28-21-8-10-24-23(14-21)25(32-31-24)16-30-27(35)20-5-3-4-18(12-20)13-22-9-7-19(15-29-22)17-33-11-2-1-6-26(33)34/h1-12,14-15H,13,16-17H2,(H,30,35)(H,31,32). The number of hydrogen-bond acceptors (Lipinski definition) is 4. The molecular weight excluding hydrogens is 462 g/mol. The Kier molecular flexibility index (Phi) is 6.41. The summed E-state index contributed by atoms with van der Waals surface area (Å²) in [4.78, 5) is 29.2. The first-order chi connectivity index (χ1) is 17.0. The van der Waals surface area contributed by atoms with Gasteiger partial charge < -0.3 is 9.88 Å². The van der Waals surface area contributed by atoms with Crippen LogP contribution in [0, 0.1) is 0 Å². The Hall–Kier alpha value is -4.23. The number of halogens is 1. The molecule has 1 amide bonds. The molecule has 5 rings (SSSR count). The highest BCUT2D eigenvalue weighted by atomic mass is 35.5. The summed E-state index contributed by atoms with van der Waals surface area (Å²) in [6, 6.07) is 22.0. The Morgan fingerprint density at radius 3 is 2.74 bits per heavy atom. The normalized spacial score (nSPS) is 11.0. The lowest BCUT2D eigenvalue weighted by atomic mass is 10.0. The van der Waals surface area contributed by atoms with Gasteiger partial charge in [0.2, 0.25) is 0 Å². The van der Waals surface area contributed by atoms with E-state index in [1.807, 2.05) is 48.5 Å². The molecule has 5 aromatic rings. The summed E-state index contributed by atoms with van der Waals surface area (Å²) in [6.45, 7) is 0.761. The third-order valence-corrected chi connectivity index (χ3v) is 5.97. The lowest BCUT2D eigenvalue weighted by molar-refractivity contribution is 0.0950. The van der Waals surface area contributed by atoms with Gasteiger partial charge in [-0.1, -0.05) is 35.9 Å². The van der Waals surface area contributed by atoms with Crippen LogP contribution in [-0.2, 0) is 19.5 Å². The van der Waals surface area contributed by atoms with Crippen LogP contribution in [-0.4, -0.2) is 25.7 Å². The first kappa shape index (κ1) is 22.6. The number of amides is 1. The molecule has 0 aliphatic carbocycles. The maximum Gasteiger partial charge on any atom is 0.251 e. The molecule has 8 heteroatoms. The van der Waals surface area contributed by atoms with E-state index in [1.165, 1.54) is 6.07 Å². The van der Waals surface area contributed by atoms with Gasteiger partial charge in [0.05, 0.1) is 24.3 Å².